The lowest BCUT2D eigenvalue weighted by Crippen LogP contribution is -2.24. The van der Waals surface area contributed by atoms with Gasteiger partial charge in [0.1, 0.15) is 0 Å². The fraction of sp³-hybridized carbons (Fsp3) is 0.600. The molecule has 4 heteroatoms. The Morgan fingerprint density at radius 3 is 2.67 bits per heavy atom. The van der Waals surface area contributed by atoms with Gasteiger partial charge in [0.25, 0.3) is 0 Å². The van der Waals surface area contributed by atoms with Gasteiger partial charge >= 0.3 is 0 Å². The van der Waals surface area contributed by atoms with Crippen LogP contribution >= 0.6 is 0 Å². The van der Waals surface area contributed by atoms with E-state index in [0.717, 1.165) is 0 Å². The summed E-state index contributed by atoms with van der Waals surface area (Å²) < 4.78 is 0. The SMILES string of the molecule is NC(=O)[C@@H]1CNC(=O)C1. The van der Waals surface area contributed by atoms with Gasteiger partial charge in [-0.3, -0.25) is 9.59 Å². The van der Waals surface area contributed by atoms with E-state index in [4.69, 9.17) is 5.73 Å². The molecule has 1 rings (SSSR count). The van der Waals surface area contributed by atoms with Crippen molar-refractivity contribution in [1.82, 2.24) is 5.32 Å². The Kier molecular flexibility index (Phi) is 1.38. The average molecular weight is 128 g/mol. The lowest BCUT2D eigenvalue weighted by Gasteiger charge is -1.96. The van der Waals surface area contributed by atoms with Gasteiger partial charge in [0.05, 0.1) is 5.92 Å². The summed E-state index contributed by atoms with van der Waals surface area (Å²) in [6.07, 6.45) is 0.259. The minimum atomic E-state index is -0.395. The number of amides is 2. The number of primary amides is 1. The number of rotatable bonds is 1. The van der Waals surface area contributed by atoms with E-state index >= 15 is 0 Å². The van der Waals surface area contributed by atoms with Crippen molar-refractivity contribution >= 4 is 11.8 Å². The van der Waals surface area contributed by atoms with Crippen LogP contribution in [0.1, 0.15) is 6.42 Å². The summed E-state index contributed by atoms with van der Waals surface area (Å²) >= 11 is 0. The van der Waals surface area contributed by atoms with Crippen LogP contribution in [0.25, 0.3) is 0 Å². The highest BCUT2D eigenvalue weighted by molar-refractivity contribution is 5.88. The number of carbonyl (C=O) groups excluding carboxylic acids is 2. The molecule has 2 amide bonds. The van der Waals surface area contributed by atoms with Crippen LogP contribution in [0.4, 0.5) is 0 Å². The fourth-order valence-electron chi connectivity index (χ4n) is 0.806. The molecule has 0 unspecified atom stereocenters. The lowest BCUT2D eigenvalue weighted by atomic mass is 10.1. The van der Waals surface area contributed by atoms with E-state index in [1.165, 1.54) is 0 Å². The van der Waals surface area contributed by atoms with E-state index in [-0.39, 0.29) is 18.2 Å². The van der Waals surface area contributed by atoms with Crippen LogP contribution in [0.15, 0.2) is 0 Å². The van der Waals surface area contributed by atoms with Crippen LogP contribution in [0.5, 0.6) is 0 Å². The second-order valence-electron chi connectivity index (χ2n) is 2.11. The van der Waals surface area contributed by atoms with E-state index in [9.17, 15) is 9.59 Å². The highest BCUT2D eigenvalue weighted by Crippen LogP contribution is 2.06. The molecule has 0 bridgehead atoms. The number of hydrogen-bond donors (Lipinski definition) is 2. The van der Waals surface area contributed by atoms with Crippen LogP contribution in [-0.2, 0) is 9.59 Å². The summed E-state index contributed by atoms with van der Waals surface area (Å²) in [5.74, 6) is -0.760. The molecule has 0 saturated carbocycles. The first-order valence-electron chi connectivity index (χ1n) is 2.76. The second kappa shape index (κ2) is 2.05. The molecule has 0 aromatic carbocycles. The summed E-state index contributed by atoms with van der Waals surface area (Å²) in [7, 11) is 0. The molecule has 0 aromatic heterocycles. The van der Waals surface area contributed by atoms with Crippen LogP contribution in [-0.4, -0.2) is 18.4 Å². The Balaban J connectivity index is 2.48. The van der Waals surface area contributed by atoms with Crippen molar-refractivity contribution in [2.24, 2.45) is 11.7 Å². The van der Waals surface area contributed by atoms with Crippen LogP contribution in [0.2, 0.25) is 0 Å². The Hall–Kier alpha value is -1.06. The lowest BCUT2D eigenvalue weighted by molar-refractivity contribution is -0.124. The van der Waals surface area contributed by atoms with E-state index in [0.29, 0.717) is 6.54 Å². The van der Waals surface area contributed by atoms with Gasteiger partial charge in [-0.1, -0.05) is 0 Å². The molecule has 1 atom stereocenters. The average Bonchev–Trinajstić information content (AvgIpc) is 2.14. The van der Waals surface area contributed by atoms with E-state index in [2.05, 4.69) is 5.32 Å². The van der Waals surface area contributed by atoms with Gasteiger partial charge in [0.2, 0.25) is 11.8 Å². The zero-order chi connectivity index (χ0) is 6.85. The maximum Gasteiger partial charge on any atom is 0.222 e. The Labute approximate surface area is 52.4 Å². The maximum atomic E-state index is 10.4. The second-order valence-corrected chi connectivity index (χ2v) is 2.11. The van der Waals surface area contributed by atoms with Crippen molar-refractivity contribution in [2.75, 3.05) is 6.54 Å². The van der Waals surface area contributed by atoms with Gasteiger partial charge in [0.15, 0.2) is 0 Å². The molecule has 0 aliphatic carbocycles. The molecule has 50 valence electrons. The number of hydrogen-bond acceptors (Lipinski definition) is 2. The molecule has 0 radical (unpaired) electrons. The molecular weight excluding hydrogens is 120 g/mol. The molecule has 4 nitrogen and oxygen atoms in total. The van der Waals surface area contributed by atoms with Crippen LogP contribution < -0.4 is 11.1 Å². The normalized spacial score (nSPS) is 25.8. The summed E-state index contributed by atoms with van der Waals surface area (Å²) in [5.41, 5.74) is 4.93. The van der Waals surface area contributed by atoms with Crippen molar-refractivity contribution in [3.05, 3.63) is 0 Å². The number of nitrogens with one attached hydrogen (secondary N) is 1. The summed E-state index contributed by atoms with van der Waals surface area (Å²) in [5, 5.41) is 2.51. The molecular formula is C5H8N2O2. The highest BCUT2D eigenvalue weighted by Gasteiger charge is 2.25. The van der Waals surface area contributed by atoms with Gasteiger partial charge in [-0.25, -0.2) is 0 Å². The minimum Gasteiger partial charge on any atom is -0.369 e. The summed E-state index contributed by atoms with van der Waals surface area (Å²) in [4.78, 5) is 20.8. The Bertz CT molecular complexity index is 155. The predicted molar refractivity (Wildman–Crippen MR) is 30.3 cm³/mol. The van der Waals surface area contributed by atoms with Gasteiger partial charge in [-0.15, -0.1) is 0 Å². The van der Waals surface area contributed by atoms with Gasteiger partial charge in [-0.2, -0.15) is 0 Å². The monoisotopic (exact) mass is 128 g/mol. The third-order valence-electron chi connectivity index (χ3n) is 1.38. The van der Waals surface area contributed by atoms with E-state index in [1.54, 1.807) is 0 Å². The van der Waals surface area contributed by atoms with Crippen molar-refractivity contribution in [3.8, 4) is 0 Å². The molecule has 3 N–H and O–H groups in total. The minimum absolute atomic E-state index is 0.0844. The van der Waals surface area contributed by atoms with Crippen molar-refractivity contribution < 1.29 is 9.59 Å². The molecule has 0 spiro atoms. The van der Waals surface area contributed by atoms with Crippen LogP contribution in [0.3, 0.4) is 0 Å². The molecule has 1 aliphatic heterocycles. The van der Waals surface area contributed by atoms with Crippen molar-refractivity contribution in [2.45, 2.75) is 6.42 Å². The molecule has 0 aromatic rings. The molecule has 1 saturated heterocycles. The predicted octanol–water partition coefficient (Wildman–Crippen LogP) is -1.39. The third kappa shape index (κ3) is 1.19. The maximum absolute atomic E-state index is 10.4. The van der Waals surface area contributed by atoms with Crippen LogP contribution in [0, 0.1) is 5.92 Å². The zero-order valence-electron chi connectivity index (χ0n) is 4.89. The van der Waals surface area contributed by atoms with Gasteiger partial charge in [-0.05, 0) is 0 Å². The largest absolute Gasteiger partial charge is 0.369 e. The van der Waals surface area contributed by atoms with E-state index < -0.39 is 5.91 Å². The van der Waals surface area contributed by atoms with Crippen molar-refractivity contribution in [1.29, 1.82) is 0 Å². The topological polar surface area (TPSA) is 72.2 Å². The Morgan fingerprint density at radius 2 is 2.44 bits per heavy atom. The number of nitrogens with two attached hydrogens (primary N) is 1. The first-order valence-corrected chi connectivity index (χ1v) is 2.76. The Morgan fingerprint density at radius 1 is 1.78 bits per heavy atom. The third-order valence-corrected chi connectivity index (χ3v) is 1.38. The first-order chi connectivity index (χ1) is 4.20. The molecule has 1 fully saturated rings. The summed E-state index contributed by atoms with van der Waals surface area (Å²) in [6, 6.07) is 0. The molecule has 1 aliphatic rings. The van der Waals surface area contributed by atoms with E-state index in [1.807, 2.05) is 0 Å². The quantitative estimate of drug-likeness (QED) is 0.456. The van der Waals surface area contributed by atoms with Gasteiger partial charge in [0, 0.05) is 13.0 Å². The summed E-state index contributed by atoms with van der Waals surface area (Å²) in [6.45, 7) is 0.411. The van der Waals surface area contributed by atoms with Crippen molar-refractivity contribution in [3.63, 3.8) is 0 Å². The number of carbonyl (C=O) groups is 2. The molecule has 1 heterocycles. The fourth-order valence-corrected chi connectivity index (χ4v) is 0.806. The van der Waals surface area contributed by atoms with Gasteiger partial charge < -0.3 is 11.1 Å². The smallest absolute Gasteiger partial charge is 0.222 e. The zero-order valence-corrected chi connectivity index (χ0v) is 4.89. The molecule has 9 heavy (non-hydrogen) atoms. The first kappa shape index (κ1) is 6.07. The standard InChI is InChI=1S/C5H8N2O2/c6-5(9)3-1-4(8)7-2-3/h3H,1-2H2,(H2,6,9)(H,7,8)/t3-/m0/s1. The highest BCUT2D eigenvalue weighted by atomic mass is 16.2.